The van der Waals surface area contributed by atoms with Crippen LogP contribution in [0.1, 0.15) is 46.0 Å². The topological polar surface area (TPSA) is 58.4 Å². The molecule has 1 saturated heterocycles. The number of hydrogen-bond donors (Lipinski definition) is 2. The Kier molecular flexibility index (Phi) is 6.65. The highest BCUT2D eigenvalue weighted by atomic mass is 16.2. The molecule has 1 aliphatic heterocycles. The number of rotatable bonds is 7. The Bertz CT molecular complexity index is 237. The summed E-state index contributed by atoms with van der Waals surface area (Å²) in [6.07, 6.45) is 5.57. The fourth-order valence-electron chi connectivity index (χ4n) is 2.65. The third kappa shape index (κ3) is 3.95. The van der Waals surface area contributed by atoms with Gasteiger partial charge in [-0.3, -0.25) is 4.79 Å². The Labute approximate surface area is 111 Å². The molecule has 3 N–H and O–H groups in total. The number of carbonyl (C=O) groups is 1. The number of nitrogens with zero attached hydrogens (tertiary/aromatic N) is 1. The van der Waals surface area contributed by atoms with Gasteiger partial charge in [0.2, 0.25) is 5.91 Å². The molecule has 0 unspecified atom stereocenters. The summed E-state index contributed by atoms with van der Waals surface area (Å²) in [6.45, 7) is 8.61. The van der Waals surface area contributed by atoms with Gasteiger partial charge in [-0.05, 0) is 38.8 Å². The van der Waals surface area contributed by atoms with Crippen LogP contribution in [0.3, 0.4) is 0 Å². The zero-order valence-electron chi connectivity index (χ0n) is 12.0. The van der Waals surface area contributed by atoms with Gasteiger partial charge in [-0.15, -0.1) is 0 Å². The largest absolute Gasteiger partial charge is 0.354 e. The van der Waals surface area contributed by atoms with E-state index in [0.29, 0.717) is 6.54 Å². The minimum Gasteiger partial charge on any atom is -0.354 e. The Morgan fingerprint density at radius 2 is 1.83 bits per heavy atom. The molecule has 1 amide bonds. The van der Waals surface area contributed by atoms with E-state index in [-0.39, 0.29) is 11.3 Å². The van der Waals surface area contributed by atoms with Crippen LogP contribution in [0.2, 0.25) is 0 Å². The Morgan fingerprint density at radius 3 is 2.33 bits per heavy atom. The van der Waals surface area contributed by atoms with E-state index in [0.717, 1.165) is 25.9 Å². The third-order valence-corrected chi connectivity index (χ3v) is 4.39. The monoisotopic (exact) mass is 255 g/mol. The summed E-state index contributed by atoms with van der Waals surface area (Å²) in [5.41, 5.74) is 5.41. The Balaban J connectivity index is 2.30. The highest BCUT2D eigenvalue weighted by molar-refractivity contribution is 5.82. The molecule has 0 spiro atoms. The van der Waals surface area contributed by atoms with Crippen LogP contribution in [0, 0.1) is 5.41 Å². The predicted molar refractivity (Wildman–Crippen MR) is 75.4 cm³/mol. The molecule has 0 radical (unpaired) electrons. The van der Waals surface area contributed by atoms with Gasteiger partial charge in [-0.1, -0.05) is 20.3 Å². The highest BCUT2D eigenvalue weighted by Crippen LogP contribution is 2.24. The minimum absolute atomic E-state index is 0.131. The molecule has 4 nitrogen and oxygen atoms in total. The van der Waals surface area contributed by atoms with Gasteiger partial charge in [-0.2, -0.15) is 0 Å². The lowest BCUT2D eigenvalue weighted by molar-refractivity contribution is -0.131. The van der Waals surface area contributed by atoms with Gasteiger partial charge in [0.1, 0.15) is 0 Å². The number of nitrogens with one attached hydrogen (secondary N) is 1. The fourth-order valence-corrected chi connectivity index (χ4v) is 2.65. The van der Waals surface area contributed by atoms with Crippen molar-refractivity contribution in [2.45, 2.75) is 46.0 Å². The molecule has 0 aromatic heterocycles. The van der Waals surface area contributed by atoms with Crippen molar-refractivity contribution in [2.75, 3.05) is 32.7 Å². The molecular formula is C14H29N3O. The molecular weight excluding hydrogens is 226 g/mol. The van der Waals surface area contributed by atoms with Gasteiger partial charge in [0.15, 0.2) is 0 Å². The highest BCUT2D eigenvalue weighted by Gasteiger charge is 2.32. The molecule has 0 aromatic rings. The lowest BCUT2D eigenvalue weighted by atomic mass is 9.81. The summed E-state index contributed by atoms with van der Waals surface area (Å²) in [7, 11) is 0. The molecule has 1 fully saturated rings. The van der Waals surface area contributed by atoms with Crippen molar-refractivity contribution in [3.05, 3.63) is 0 Å². The molecule has 0 saturated carbocycles. The van der Waals surface area contributed by atoms with E-state index in [1.807, 2.05) is 13.8 Å². The zero-order valence-corrected chi connectivity index (χ0v) is 12.0. The second-order valence-corrected chi connectivity index (χ2v) is 5.35. The quantitative estimate of drug-likeness (QED) is 0.722. The number of piperidine rings is 1. The van der Waals surface area contributed by atoms with Crippen LogP contribution in [-0.2, 0) is 4.79 Å². The Morgan fingerprint density at radius 1 is 1.22 bits per heavy atom. The lowest BCUT2D eigenvalue weighted by Gasteiger charge is -2.30. The third-order valence-electron chi connectivity index (χ3n) is 4.39. The lowest BCUT2D eigenvalue weighted by Crippen LogP contribution is -2.47. The molecule has 0 aromatic carbocycles. The molecule has 1 rings (SSSR count). The smallest absolute Gasteiger partial charge is 0.227 e. The maximum absolute atomic E-state index is 12.2. The maximum atomic E-state index is 12.2. The van der Waals surface area contributed by atoms with Crippen molar-refractivity contribution in [3.63, 3.8) is 0 Å². The SMILES string of the molecule is CCC(CC)(CN)C(=O)NCCN1CCCCC1. The van der Waals surface area contributed by atoms with E-state index in [1.165, 1.54) is 32.4 Å². The summed E-state index contributed by atoms with van der Waals surface area (Å²) >= 11 is 0. The number of hydrogen-bond acceptors (Lipinski definition) is 3. The summed E-state index contributed by atoms with van der Waals surface area (Å²) in [5, 5.41) is 3.06. The van der Waals surface area contributed by atoms with Crippen LogP contribution >= 0.6 is 0 Å². The average molecular weight is 255 g/mol. The van der Waals surface area contributed by atoms with Crippen molar-refractivity contribution in [3.8, 4) is 0 Å². The second-order valence-electron chi connectivity index (χ2n) is 5.35. The van der Waals surface area contributed by atoms with Crippen LogP contribution in [0.25, 0.3) is 0 Å². The van der Waals surface area contributed by atoms with Crippen molar-refractivity contribution >= 4 is 5.91 Å². The molecule has 1 heterocycles. The van der Waals surface area contributed by atoms with Gasteiger partial charge < -0.3 is 16.0 Å². The van der Waals surface area contributed by atoms with Crippen molar-refractivity contribution in [1.82, 2.24) is 10.2 Å². The van der Waals surface area contributed by atoms with E-state index in [2.05, 4.69) is 10.2 Å². The van der Waals surface area contributed by atoms with Gasteiger partial charge in [0.05, 0.1) is 5.41 Å². The van der Waals surface area contributed by atoms with Gasteiger partial charge >= 0.3 is 0 Å². The van der Waals surface area contributed by atoms with Crippen LogP contribution in [0.4, 0.5) is 0 Å². The van der Waals surface area contributed by atoms with Gasteiger partial charge in [0, 0.05) is 19.6 Å². The van der Waals surface area contributed by atoms with E-state index in [4.69, 9.17) is 5.73 Å². The molecule has 18 heavy (non-hydrogen) atoms. The van der Waals surface area contributed by atoms with Crippen LogP contribution in [0.15, 0.2) is 0 Å². The number of carbonyl (C=O) groups excluding carboxylic acids is 1. The van der Waals surface area contributed by atoms with E-state index in [1.54, 1.807) is 0 Å². The number of nitrogens with two attached hydrogens (primary N) is 1. The first kappa shape index (κ1) is 15.4. The van der Waals surface area contributed by atoms with Crippen LogP contribution in [0.5, 0.6) is 0 Å². The van der Waals surface area contributed by atoms with Crippen molar-refractivity contribution in [1.29, 1.82) is 0 Å². The summed E-state index contributed by atoms with van der Waals surface area (Å²) in [5.74, 6) is 0.131. The minimum atomic E-state index is -0.359. The summed E-state index contributed by atoms with van der Waals surface area (Å²) < 4.78 is 0. The first-order valence-corrected chi connectivity index (χ1v) is 7.39. The molecule has 106 valence electrons. The molecule has 4 heteroatoms. The molecule has 0 atom stereocenters. The van der Waals surface area contributed by atoms with Crippen LogP contribution < -0.4 is 11.1 Å². The average Bonchev–Trinajstić information content (AvgIpc) is 2.42. The van der Waals surface area contributed by atoms with E-state index < -0.39 is 0 Å². The maximum Gasteiger partial charge on any atom is 0.227 e. The number of amides is 1. The normalized spacial score (nSPS) is 17.7. The predicted octanol–water partition coefficient (Wildman–Crippen LogP) is 1.35. The Hall–Kier alpha value is -0.610. The second kappa shape index (κ2) is 7.74. The van der Waals surface area contributed by atoms with Crippen LogP contribution in [-0.4, -0.2) is 43.5 Å². The fraction of sp³-hybridized carbons (Fsp3) is 0.929. The molecule has 0 aliphatic carbocycles. The van der Waals surface area contributed by atoms with E-state index >= 15 is 0 Å². The first-order valence-electron chi connectivity index (χ1n) is 7.39. The zero-order chi connectivity index (χ0) is 13.4. The van der Waals surface area contributed by atoms with Gasteiger partial charge in [-0.25, -0.2) is 0 Å². The van der Waals surface area contributed by atoms with E-state index in [9.17, 15) is 4.79 Å². The molecule has 1 aliphatic rings. The summed E-state index contributed by atoms with van der Waals surface area (Å²) in [6, 6.07) is 0. The standard InChI is InChI=1S/C14H29N3O/c1-3-14(4-2,12-15)13(18)16-8-11-17-9-6-5-7-10-17/h3-12,15H2,1-2H3,(H,16,18). The first-order chi connectivity index (χ1) is 8.68. The number of likely N-dealkylation sites (tertiary alicyclic amines) is 1. The van der Waals surface area contributed by atoms with Gasteiger partial charge in [0.25, 0.3) is 0 Å². The van der Waals surface area contributed by atoms with Crippen molar-refractivity contribution in [2.24, 2.45) is 11.1 Å². The summed E-state index contributed by atoms with van der Waals surface area (Å²) in [4.78, 5) is 14.6. The molecule has 0 bridgehead atoms. The van der Waals surface area contributed by atoms with Crippen molar-refractivity contribution < 1.29 is 4.79 Å².